The third-order valence-corrected chi connectivity index (χ3v) is 8.43. The minimum Gasteiger partial charge on any atom is -0.497 e. The van der Waals surface area contributed by atoms with Crippen LogP contribution in [0.15, 0.2) is 60.7 Å². The van der Waals surface area contributed by atoms with Crippen molar-refractivity contribution in [2.45, 2.75) is 44.7 Å². The van der Waals surface area contributed by atoms with Gasteiger partial charge in [-0.1, -0.05) is 48.5 Å². The second-order valence-electron chi connectivity index (χ2n) is 10.7. The van der Waals surface area contributed by atoms with E-state index in [-0.39, 0.29) is 42.4 Å². The third kappa shape index (κ3) is 4.17. The smallest absolute Gasteiger partial charge is 0.410 e. The normalized spacial score (nSPS) is 22.0. The van der Waals surface area contributed by atoms with Gasteiger partial charge in [0.25, 0.3) is 0 Å². The number of benzene rings is 3. The van der Waals surface area contributed by atoms with E-state index in [0.29, 0.717) is 26.1 Å². The van der Waals surface area contributed by atoms with Crippen molar-refractivity contribution in [3.8, 4) is 16.9 Å². The van der Waals surface area contributed by atoms with Gasteiger partial charge in [-0.25, -0.2) is 4.79 Å². The molecule has 0 spiro atoms. The summed E-state index contributed by atoms with van der Waals surface area (Å²) in [5, 5.41) is 0. The molecule has 3 aromatic rings. The predicted octanol–water partition coefficient (Wildman–Crippen LogP) is 5.92. The van der Waals surface area contributed by atoms with E-state index >= 15 is 0 Å². The highest BCUT2D eigenvalue weighted by Crippen LogP contribution is 2.45. The van der Waals surface area contributed by atoms with E-state index in [1.807, 2.05) is 55.1 Å². The van der Waals surface area contributed by atoms with Gasteiger partial charge in [0.15, 0.2) is 5.78 Å². The number of piperidine rings is 1. The Bertz CT molecular complexity index is 1320. The molecule has 1 amide bonds. The van der Waals surface area contributed by atoms with Gasteiger partial charge in [-0.15, -0.1) is 0 Å². The number of nitrogens with zero attached hydrogens (tertiary/aromatic N) is 1. The van der Waals surface area contributed by atoms with Gasteiger partial charge in [-0.3, -0.25) is 9.69 Å². The van der Waals surface area contributed by atoms with E-state index in [0.717, 1.165) is 22.4 Å². The number of morpholine rings is 1. The third-order valence-electron chi connectivity index (χ3n) is 8.43. The van der Waals surface area contributed by atoms with Crippen molar-refractivity contribution in [1.82, 2.24) is 4.90 Å². The Morgan fingerprint density at radius 1 is 0.895 bits per heavy atom. The van der Waals surface area contributed by atoms with Crippen LogP contribution < -0.4 is 4.74 Å². The van der Waals surface area contributed by atoms with Crippen LogP contribution in [-0.4, -0.2) is 55.8 Å². The van der Waals surface area contributed by atoms with Crippen molar-refractivity contribution in [2.24, 2.45) is 5.92 Å². The Hall–Kier alpha value is -3.64. The zero-order valence-electron chi connectivity index (χ0n) is 22.1. The number of methoxy groups -OCH3 is 1. The van der Waals surface area contributed by atoms with Crippen LogP contribution in [0.1, 0.15) is 51.4 Å². The number of hydrogen-bond acceptors (Lipinski definition) is 5. The molecule has 1 aliphatic carbocycles. The van der Waals surface area contributed by atoms with Crippen LogP contribution in [-0.2, 0) is 9.47 Å². The number of hydrogen-bond donors (Lipinski definition) is 0. The summed E-state index contributed by atoms with van der Waals surface area (Å²) in [5.41, 5.74) is 7.42. The molecule has 3 aliphatic rings. The number of amides is 1. The molecule has 2 aliphatic heterocycles. The van der Waals surface area contributed by atoms with Crippen LogP contribution in [0.25, 0.3) is 11.1 Å². The zero-order valence-corrected chi connectivity index (χ0v) is 22.1. The van der Waals surface area contributed by atoms with Crippen LogP contribution in [0.4, 0.5) is 4.79 Å². The average molecular weight is 512 g/mol. The molecule has 2 fully saturated rings. The molecule has 0 radical (unpaired) electrons. The Morgan fingerprint density at radius 3 is 2.00 bits per heavy atom. The maximum absolute atomic E-state index is 13.7. The first-order valence-corrected chi connectivity index (χ1v) is 13.4. The number of aryl methyl sites for hydroxylation is 2. The van der Waals surface area contributed by atoms with Crippen molar-refractivity contribution >= 4 is 11.9 Å². The second-order valence-corrected chi connectivity index (χ2v) is 10.7. The molecule has 6 rings (SSSR count). The standard InChI is InChI=1S/C32H33NO5/c1-19-12-24(36-3)13-20(2)30(19)31(34)21-14-22-16-37-17-23(15-21)33(22)32(35)38-18-29-27-10-6-4-8-25(27)26-9-5-7-11-28(26)29/h4-13,21-23,29H,14-18H2,1-3H3. The summed E-state index contributed by atoms with van der Waals surface area (Å²) >= 11 is 0. The Labute approximate surface area is 223 Å². The van der Waals surface area contributed by atoms with Crippen molar-refractivity contribution in [3.63, 3.8) is 0 Å². The number of ketones is 1. The molecule has 196 valence electrons. The molecule has 0 N–H and O–H groups in total. The summed E-state index contributed by atoms with van der Waals surface area (Å²) in [4.78, 5) is 29.0. The highest BCUT2D eigenvalue weighted by atomic mass is 16.6. The summed E-state index contributed by atoms with van der Waals surface area (Å²) < 4.78 is 17.2. The Kier molecular flexibility index (Phi) is 6.44. The van der Waals surface area contributed by atoms with Gasteiger partial charge in [0.2, 0.25) is 0 Å². The van der Waals surface area contributed by atoms with Crippen molar-refractivity contribution in [3.05, 3.63) is 88.5 Å². The SMILES string of the molecule is COc1cc(C)c(C(=O)C2CC3COCC(C2)N3C(=O)OCC2c3ccccc3-c3ccccc32)c(C)c1. The van der Waals surface area contributed by atoms with Gasteiger partial charge in [-0.2, -0.15) is 0 Å². The number of fused-ring (bicyclic) bond motifs is 5. The average Bonchev–Trinajstić information content (AvgIpc) is 3.24. The molecule has 2 saturated heterocycles. The summed E-state index contributed by atoms with van der Waals surface area (Å²) in [6.07, 6.45) is 0.836. The molecule has 2 unspecified atom stereocenters. The largest absolute Gasteiger partial charge is 0.497 e. The molecule has 2 heterocycles. The summed E-state index contributed by atoms with van der Waals surface area (Å²) in [6, 6.07) is 20.1. The van der Waals surface area contributed by atoms with Crippen molar-refractivity contribution in [1.29, 1.82) is 0 Å². The van der Waals surface area contributed by atoms with Crippen molar-refractivity contribution in [2.75, 3.05) is 26.9 Å². The fourth-order valence-electron chi connectivity index (χ4n) is 6.73. The lowest BCUT2D eigenvalue weighted by molar-refractivity contribution is -0.0747. The van der Waals surface area contributed by atoms with E-state index in [1.165, 1.54) is 22.3 Å². The molecule has 2 bridgehead atoms. The molecule has 0 aromatic heterocycles. The number of rotatable bonds is 5. The lowest BCUT2D eigenvalue weighted by atomic mass is 9.79. The molecule has 38 heavy (non-hydrogen) atoms. The first kappa shape index (κ1) is 24.7. The summed E-state index contributed by atoms with van der Waals surface area (Å²) in [7, 11) is 1.63. The molecule has 2 atom stereocenters. The fourth-order valence-corrected chi connectivity index (χ4v) is 6.73. The highest BCUT2D eigenvalue weighted by Gasteiger charge is 2.45. The maximum Gasteiger partial charge on any atom is 0.410 e. The summed E-state index contributed by atoms with van der Waals surface area (Å²) in [6.45, 7) is 5.05. The molecule has 6 heteroatoms. The number of Topliss-reactive ketones (excluding diaryl/α,β-unsaturated/α-hetero) is 1. The molecule has 0 saturated carbocycles. The first-order valence-electron chi connectivity index (χ1n) is 13.4. The quantitative estimate of drug-likeness (QED) is 0.398. The van der Waals surface area contributed by atoms with Crippen molar-refractivity contribution < 1.29 is 23.8 Å². The minimum atomic E-state index is -0.312. The van der Waals surface area contributed by atoms with Gasteiger partial charge in [0.1, 0.15) is 12.4 Å². The van der Waals surface area contributed by atoms with Gasteiger partial charge >= 0.3 is 6.09 Å². The second kappa shape index (κ2) is 9.91. The van der Waals surface area contributed by atoms with Gasteiger partial charge in [-0.05, 0) is 72.2 Å². The highest BCUT2D eigenvalue weighted by molar-refractivity contribution is 6.01. The van der Waals surface area contributed by atoms with Gasteiger partial charge < -0.3 is 14.2 Å². The van der Waals surface area contributed by atoms with E-state index in [2.05, 4.69) is 24.3 Å². The minimum absolute atomic E-state index is 0.0163. The van der Waals surface area contributed by atoms with Crippen LogP contribution in [0.5, 0.6) is 5.75 Å². The van der Waals surface area contributed by atoms with Crippen LogP contribution in [0.2, 0.25) is 0 Å². The van der Waals surface area contributed by atoms with Crippen LogP contribution in [0.3, 0.4) is 0 Å². The number of carbonyl (C=O) groups excluding carboxylic acids is 2. The number of carbonyl (C=O) groups is 2. The van der Waals surface area contributed by atoms with E-state index in [4.69, 9.17) is 14.2 Å². The van der Waals surface area contributed by atoms with E-state index in [9.17, 15) is 9.59 Å². The monoisotopic (exact) mass is 511 g/mol. The van der Waals surface area contributed by atoms with E-state index < -0.39 is 0 Å². The topological polar surface area (TPSA) is 65.1 Å². The molecular weight excluding hydrogens is 478 g/mol. The maximum atomic E-state index is 13.7. The van der Waals surface area contributed by atoms with E-state index in [1.54, 1.807) is 7.11 Å². The van der Waals surface area contributed by atoms with Crippen LogP contribution >= 0.6 is 0 Å². The predicted molar refractivity (Wildman–Crippen MR) is 145 cm³/mol. The molecule has 6 nitrogen and oxygen atoms in total. The Morgan fingerprint density at radius 2 is 1.45 bits per heavy atom. The lowest BCUT2D eigenvalue weighted by Crippen LogP contribution is -2.60. The van der Waals surface area contributed by atoms with Gasteiger partial charge in [0.05, 0.1) is 32.4 Å². The lowest BCUT2D eigenvalue weighted by Gasteiger charge is -2.47. The van der Waals surface area contributed by atoms with Crippen LogP contribution in [0, 0.1) is 19.8 Å². The van der Waals surface area contributed by atoms with Gasteiger partial charge in [0, 0.05) is 17.4 Å². The summed E-state index contributed by atoms with van der Waals surface area (Å²) in [5.74, 6) is 0.763. The molecule has 3 aromatic carbocycles. The fraction of sp³-hybridized carbons (Fsp3) is 0.375. The zero-order chi connectivity index (χ0) is 26.4. The number of ether oxygens (including phenoxy) is 3. The Balaban J connectivity index is 1.17. The first-order chi connectivity index (χ1) is 18.5. The molecular formula is C32H33NO5.